The Bertz CT molecular complexity index is 804. The van der Waals surface area contributed by atoms with Gasteiger partial charge in [0.25, 0.3) is 5.91 Å². The van der Waals surface area contributed by atoms with Crippen LogP contribution in [0.4, 0.5) is 5.69 Å². The molecule has 0 saturated carbocycles. The van der Waals surface area contributed by atoms with Gasteiger partial charge >= 0.3 is 0 Å². The lowest BCUT2D eigenvalue weighted by atomic mass is 10.0. The van der Waals surface area contributed by atoms with Crippen LogP contribution in [0, 0.1) is 13.8 Å². The zero-order valence-electron chi connectivity index (χ0n) is 16.2. The van der Waals surface area contributed by atoms with E-state index in [-0.39, 0.29) is 5.91 Å². The fourth-order valence-corrected chi connectivity index (χ4v) is 4.17. The number of rotatable bonds is 3. The highest BCUT2D eigenvalue weighted by Gasteiger charge is 2.24. The minimum Gasteiger partial charge on any atom is -0.368 e. The van der Waals surface area contributed by atoms with E-state index in [1.165, 1.54) is 16.8 Å². The molecular formula is C22H28N4O. The highest BCUT2D eigenvalue weighted by atomic mass is 16.2. The topological polar surface area (TPSA) is 48.5 Å². The first-order valence-corrected chi connectivity index (χ1v) is 9.90. The predicted octanol–water partition coefficient (Wildman–Crippen LogP) is 2.74. The van der Waals surface area contributed by atoms with Crippen molar-refractivity contribution in [3.05, 3.63) is 58.9 Å². The summed E-state index contributed by atoms with van der Waals surface area (Å²) in [6.07, 6.45) is 2.88. The van der Waals surface area contributed by atoms with Crippen LogP contribution >= 0.6 is 0 Å². The van der Waals surface area contributed by atoms with Crippen LogP contribution in [0.15, 0.2) is 36.5 Å². The molecule has 2 fully saturated rings. The van der Waals surface area contributed by atoms with Gasteiger partial charge < -0.3 is 15.1 Å². The van der Waals surface area contributed by atoms with Gasteiger partial charge in [-0.15, -0.1) is 0 Å². The molecule has 1 aromatic heterocycles. The number of aromatic nitrogens is 1. The van der Waals surface area contributed by atoms with Gasteiger partial charge in [0.2, 0.25) is 0 Å². The zero-order chi connectivity index (χ0) is 18.8. The Morgan fingerprint density at radius 1 is 1.11 bits per heavy atom. The maximum Gasteiger partial charge on any atom is 0.255 e. The summed E-state index contributed by atoms with van der Waals surface area (Å²) in [5.74, 6) is 0.578. The summed E-state index contributed by atoms with van der Waals surface area (Å²) >= 11 is 0. The molecule has 1 unspecified atom stereocenters. The Kier molecular flexibility index (Phi) is 5.12. The molecule has 2 saturated heterocycles. The van der Waals surface area contributed by atoms with Gasteiger partial charge in [-0.05, 0) is 50.6 Å². The number of carbonyl (C=O) groups is 1. The molecule has 1 amide bonds. The van der Waals surface area contributed by atoms with Gasteiger partial charge in [0, 0.05) is 56.2 Å². The molecule has 1 N–H and O–H groups in total. The molecule has 27 heavy (non-hydrogen) atoms. The van der Waals surface area contributed by atoms with Crippen LogP contribution in [0.25, 0.3) is 0 Å². The van der Waals surface area contributed by atoms with Gasteiger partial charge in [-0.1, -0.05) is 17.7 Å². The van der Waals surface area contributed by atoms with E-state index in [1.807, 2.05) is 17.0 Å². The van der Waals surface area contributed by atoms with Crippen molar-refractivity contribution >= 4 is 11.6 Å². The molecule has 2 aliphatic heterocycles. The Balaban J connectivity index is 1.38. The lowest BCUT2D eigenvalue weighted by Gasteiger charge is -2.37. The molecule has 0 radical (unpaired) electrons. The Morgan fingerprint density at radius 3 is 2.56 bits per heavy atom. The maximum atomic E-state index is 12.8. The third-order valence-electron chi connectivity index (χ3n) is 5.77. The van der Waals surface area contributed by atoms with Gasteiger partial charge in [0.15, 0.2) is 0 Å². The number of amides is 1. The van der Waals surface area contributed by atoms with Crippen LogP contribution in [-0.2, 0) is 0 Å². The number of benzene rings is 1. The summed E-state index contributed by atoms with van der Waals surface area (Å²) in [5.41, 5.74) is 5.66. The van der Waals surface area contributed by atoms with Crippen molar-refractivity contribution in [2.24, 2.45) is 0 Å². The minimum absolute atomic E-state index is 0.0962. The second kappa shape index (κ2) is 7.69. The van der Waals surface area contributed by atoms with E-state index in [0.29, 0.717) is 11.5 Å². The number of nitrogens with zero attached hydrogens (tertiary/aromatic N) is 3. The predicted molar refractivity (Wildman–Crippen MR) is 108 cm³/mol. The number of pyridine rings is 1. The highest BCUT2D eigenvalue weighted by molar-refractivity contribution is 5.94. The third kappa shape index (κ3) is 3.83. The molecule has 5 heteroatoms. The largest absolute Gasteiger partial charge is 0.368 e. The molecule has 4 rings (SSSR count). The summed E-state index contributed by atoms with van der Waals surface area (Å²) in [6, 6.07) is 10.5. The maximum absolute atomic E-state index is 12.8. The number of carbonyl (C=O) groups excluding carboxylic acids is 1. The van der Waals surface area contributed by atoms with Gasteiger partial charge in [0.1, 0.15) is 0 Å². The molecule has 0 aliphatic carbocycles. The molecule has 2 aliphatic rings. The fourth-order valence-electron chi connectivity index (χ4n) is 4.17. The molecule has 2 aromatic rings. The number of hydrogen-bond donors (Lipinski definition) is 1. The van der Waals surface area contributed by atoms with Gasteiger partial charge in [-0.3, -0.25) is 9.78 Å². The summed E-state index contributed by atoms with van der Waals surface area (Å²) in [7, 11) is 0. The summed E-state index contributed by atoms with van der Waals surface area (Å²) in [6.45, 7) is 9.56. The standard InChI is InChI=1S/C22H28N4O/c1-16-3-6-21(17(2)13-16)25-9-11-26(12-10-25)22(27)19-4-5-20(24-15-19)18-7-8-23-14-18/h3-6,13,15,18,23H,7-12,14H2,1-2H3. The molecule has 5 nitrogen and oxygen atoms in total. The number of hydrogen-bond acceptors (Lipinski definition) is 4. The SMILES string of the molecule is Cc1ccc(N2CCN(C(=O)c3ccc(C4CCNC4)nc3)CC2)c(C)c1. The van der Waals surface area contributed by atoms with Crippen LogP contribution in [0.2, 0.25) is 0 Å². The monoisotopic (exact) mass is 364 g/mol. The molecule has 142 valence electrons. The normalized spacial score (nSPS) is 20.1. The van der Waals surface area contributed by atoms with Crippen molar-refractivity contribution in [2.75, 3.05) is 44.2 Å². The van der Waals surface area contributed by atoms with Crippen LogP contribution in [0.1, 0.15) is 39.5 Å². The van der Waals surface area contributed by atoms with E-state index < -0.39 is 0 Å². The third-order valence-corrected chi connectivity index (χ3v) is 5.77. The van der Waals surface area contributed by atoms with Gasteiger partial charge in [-0.2, -0.15) is 0 Å². The smallest absolute Gasteiger partial charge is 0.255 e. The number of aryl methyl sites for hydroxylation is 2. The van der Waals surface area contributed by atoms with E-state index in [2.05, 4.69) is 47.2 Å². The lowest BCUT2D eigenvalue weighted by molar-refractivity contribution is 0.0746. The van der Waals surface area contributed by atoms with Gasteiger partial charge in [0.05, 0.1) is 5.56 Å². The molecule has 0 spiro atoms. The number of anilines is 1. The van der Waals surface area contributed by atoms with Crippen LogP contribution in [0.3, 0.4) is 0 Å². The quantitative estimate of drug-likeness (QED) is 0.910. The fraction of sp³-hybridized carbons (Fsp3) is 0.455. The van der Waals surface area contributed by atoms with Crippen molar-refractivity contribution in [1.29, 1.82) is 0 Å². The zero-order valence-corrected chi connectivity index (χ0v) is 16.2. The lowest BCUT2D eigenvalue weighted by Crippen LogP contribution is -2.49. The van der Waals surface area contributed by atoms with E-state index in [4.69, 9.17) is 0 Å². The number of piperazine rings is 1. The Morgan fingerprint density at radius 2 is 1.93 bits per heavy atom. The average Bonchev–Trinajstić information content (AvgIpc) is 3.23. The van der Waals surface area contributed by atoms with Crippen LogP contribution in [0.5, 0.6) is 0 Å². The first-order chi connectivity index (χ1) is 13.1. The molecule has 3 heterocycles. The first-order valence-electron chi connectivity index (χ1n) is 9.90. The first kappa shape index (κ1) is 18.0. The van der Waals surface area contributed by atoms with Crippen molar-refractivity contribution < 1.29 is 4.79 Å². The second-order valence-electron chi connectivity index (χ2n) is 7.73. The van der Waals surface area contributed by atoms with Crippen molar-refractivity contribution in [3.8, 4) is 0 Å². The van der Waals surface area contributed by atoms with Crippen molar-refractivity contribution in [2.45, 2.75) is 26.2 Å². The molecule has 1 aromatic carbocycles. The summed E-state index contributed by atoms with van der Waals surface area (Å²) in [5, 5.41) is 3.36. The average molecular weight is 364 g/mol. The van der Waals surface area contributed by atoms with E-state index in [1.54, 1.807) is 6.20 Å². The molecule has 0 bridgehead atoms. The van der Waals surface area contributed by atoms with Crippen molar-refractivity contribution in [3.63, 3.8) is 0 Å². The van der Waals surface area contributed by atoms with E-state index in [0.717, 1.165) is 51.4 Å². The molecule has 1 atom stereocenters. The summed E-state index contributed by atoms with van der Waals surface area (Å²) < 4.78 is 0. The Labute approximate surface area is 161 Å². The van der Waals surface area contributed by atoms with Crippen molar-refractivity contribution in [1.82, 2.24) is 15.2 Å². The van der Waals surface area contributed by atoms with Gasteiger partial charge in [-0.25, -0.2) is 0 Å². The number of nitrogens with one attached hydrogen (secondary N) is 1. The second-order valence-corrected chi connectivity index (χ2v) is 7.73. The van der Waals surface area contributed by atoms with E-state index >= 15 is 0 Å². The minimum atomic E-state index is 0.0962. The van der Waals surface area contributed by atoms with Crippen LogP contribution in [-0.4, -0.2) is 55.1 Å². The highest BCUT2D eigenvalue weighted by Crippen LogP contribution is 2.23. The summed E-state index contributed by atoms with van der Waals surface area (Å²) in [4.78, 5) is 21.7. The van der Waals surface area contributed by atoms with E-state index in [9.17, 15) is 4.79 Å². The molecular weight excluding hydrogens is 336 g/mol. The van der Waals surface area contributed by atoms with Crippen LogP contribution < -0.4 is 10.2 Å². The Hall–Kier alpha value is -2.40.